The second-order valence-corrected chi connectivity index (χ2v) is 3.93. The Labute approximate surface area is 115 Å². The summed E-state index contributed by atoms with van der Waals surface area (Å²) in [7, 11) is 0. The van der Waals surface area contributed by atoms with Crippen LogP contribution in [0.4, 0.5) is 13.2 Å². The maximum absolute atomic E-state index is 12.2. The molecule has 110 valence electrons. The summed E-state index contributed by atoms with van der Waals surface area (Å²) in [5.41, 5.74) is 6.05. The van der Waals surface area contributed by atoms with Gasteiger partial charge in [0.2, 0.25) is 0 Å². The summed E-state index contributed by atoms with van der Waals surface area (Å²) in [4.78, 5) is 0. The van der Waals surface area contributed by atoms with E-state index >= 15 is 0 Å². The van der Waals surface area contributed by atoms with Gasteiger partial charge < -0.3 is 15.2 Å². The monoisotopic (exact) mass is 287 g/mol. The van der Waals surface area contributed by atoms with Gasteiger partial charge in [0.25, 0.3) is 0 Å². The number of nitrogens with two attached hydrogens (primary N) is 1. The largest absolute Gasteiger partial charge is 0.491 e. The van der Waals surface area contributed by atoms with Gasteiger partial charge in [-0.2, -0.15) is 13.2 Å². The van der Waals surface area contributed by atoms with Crippen LogP contribution in [0, 0.1) is 11.8 Å². The predicted octanol–water partition coefficient (Wildman–Crippen LogP) is 2.34. The Kier molecular flexibility index (Phi) is 6.36. The lowest BCUT2D eigenvalue weighted by Gasteiger charge is -2.16. The number of ether oxygens (including phenoxy) is 2. The zero-order valence-corrected chi connectivity index (χ0v) is 11.0. The first-order valence-corrected chi connectivity index (χ1v) is 6.03. The SMILES string of the molecule is CC(OCCOc1ccc(C#CCN)cc1)C(F)(F)F. The van der Waals surface area contributed by atoms with E-state index in [-0.39, 0.29) is 19.8 Å². The average Bonchev–Trinajstić information content (AvgIpc) is 2.41. The van der Waals surface area contributed by atoms with Gasteiger partial charge in [0.05, 0.1) is 13.2 Å². The van der Waals surface area contributed by atoms with Crippen molar-refractivity contribution in [2.75, 3.05) is 19.8 Å². The fourth-order valence-corrected chi connectivity index (χ4v) is 1.27. The molecule has 20 heavy (non-hydrogen) atoms. The Morgan fingerprint density at radius 3 is 2.40 bits per heavy atom. The molecule has 6 heteroatoms. The van der Waals surface area contributed by atoms with Crippen LogP contribution in [0.15, 0.2) is 24.3 Å². The van der Waals surface area contributed by atoms with Gasteiger partial charge >= 0.3 is 6.18 Å². The van der Waals surface area contributed by atoms with Crippen LogP contribution in [0.25, 0.3) is 0 Å². The number of alkyl halides is 3. The highest BCUT2D eigenvalue weighted by Crippen LogP contribution is 2.22. The van der Waals surface area contributed by atoms with Gasteiger partial charge in [-0.3, -0.25) is 0 Å². The lowest BCUT2D eigenvalue weighted by atomic mass is 10.2. The zero-order valence-electron chi connectivity index (χ0n) is 11.0. The first kappa shape index (κ1) is 16.3. The summed E-state index contributed by atoms with van der Waals surface area (Å²) >= 11 is 0. The van der Waals surface area contributed by atoms with Crippen LogP contribution < -0.4 is 10.5 Å². The molecule has 1 unspecified atom stereocenters. The zero-order chi connectivity index (χ0) is 15.0. The predicted molar refractivity (Wildman–Crippen MR) is 69.3 cm³/mol. The third kappa shape index (κ3) is 5.95. The fourth-order valence-electron chi connectivity index (χ4n) is 1.27. The highest BCUT2D eigenvalue weighted by molar-refractivity contribution is 5.38. The van der Waals surface area contributed by atoms with Crippen LogP contribution in [-0.4, -0.2) is 32.0 Å². The highest BCUT2D eigenvalue weighted by Gasteiger charge is 2.36. The van der Waals surface area contributed by atoms with Crippen molar-refractivity contribution in [2.24, 2.45) is 5.73 Å². The molecule has 2 N–H and O–H groups in total. The van der Waals surface area contributed by atoms with E-state index in [1.165, 1.54) is 0 Å². The molecule has 0 spiro atoms. The molecule has 0 amide bonds. The molecule has 1 aromatic carbocycles. The Morgan fingerprint density at radius 2 is 1.85 bits per heavy atom. The molecule has 0 aliphatic rings. The van der Waals surface area contributed by atoms with Gasteiger partial charge in [-0.1, -0.05) is 11.8 Å². The molecule has 1 rings (SSSR count). The molecule has 0 aliphatic heterocycles. The van der Waals surface area contributed by atoms with Crippen LogP contribution in [0.2, 0.25) is 0 Å². The van der Waals surface area contributed by atoms with E-state index in [2.05, 4.69) is 16.6 Å². The first-order valence-electron chi connectivity index (χ1n) is 6.03. The Morgan fingerprint density at radius 1 is 1.20 bits per heavy atom. The average molecular weight is 287 g/mol. The minimum Gasteiger partial charge on any atom is -0.491 e. The number of rotatable bonds is 5. The molecule has 1 aromatic rings. The maximum Gasteiger partial charge on any atom is 0.414 e. The van der Waals surface area contributed by atoms with Crippen molar-refractivity contribution in [3.8, 4) is 17.6 Å². The van der Waals surface area contributed by atoms with Crippen LogP contribution in [0.1, 0.15) is 12.5 Å². The van der Waals surface area contributed by atoms with Crippen LogP contribution >= 0.6 is 0 Å². The van der Waals surface area contributed by atoms with Crippen LogP contribution in [0.3, 0.4) is 0 Å². The summed E-state index contributed by atoms with van der Waals surface area (Å²) in [6.45, 7) is 1.17. The van der Waals surface area contributed by atoms with E-state index in [4.69, 9.17) is 10.5 Å². The molecule has 0 heterocycles. The van der Waals surface area contributed by atoms with Crippen LogP contribution in [-0.2, 0) is 4.74 Å². The number of hydrogen-bond donors (Lipinski definition) is 1. The summed E-state index contributed by atoms with van der Waals surface area (Å²) in [6, 6.07) is 6.87. The smallest absolute Gasteiger partial charge is 0.414 e. The van der Waals surface area contributed by atoms with E-state index < -0.39 is 12.3 Å². The van der Waals surface area contributed by atoms with E-state index in [0.29, 0.717) is 5.75 Å². The Balaban J connectivity index is 2.32. The molecule has 0 bridgehead atoms. The summed E-state index contributed by atoms with van der Waals surface area (Å²) in [5.74, 6) is 6.11. The van der Waals surface area contributed by atoms with Crippen molar-refractivity contribution in [1.29, 1.82) is 0 Å². The minimum atomic E-state index is -4.34. The molecule has 0 aromatic heterocycles. The molecule has 0 aliphatic carbocycles. The van der Waals surface area contributed by atoms with Crippen LogP contribution in [0.5, 0.6) is 5.75 Å². The van der Waals surface area contributed by atoms with Crippen molar-refractivity contribution in [1.82, 2.24) is 0 Å². The second kappa shape index (κ2) is 7.78. The van der Waals surface area contributed by atoms with Gasteiger partial charge in [-0.05, 0) is 31.2 Å². The first-order chi connectivity index (χ1) is 9.43. The summed E-state index contributed by atoms with van der Waals surface area (Å²) in [6.07, 6.45) is -6.14. The summed E-state index contributed by atoms with van der Waals surface area (Å²) < 4.78 is 46.4. The van der Waals surface area contributed by atoms with Gasteiger partial charge in [-0.25, -0.2) is 0 Å². The highest BCUT2D eigenvalue weighted by atomic mass is 19.4. The second-order valence-electron chi connectivity index (χ2n) is 3.93. The normalized spacial score (nSPS) is 12.4. The van der Waals surface area contributed by atoms with Crippen molar-refractivity contribution >= 4 is 0 Å². The molecule has 1 atom stereocenters. The maximum atomic E-state index is 12.2. The van der Waals surface area contributed by atoms with Crippen molar-refractivity contribution in [3.63, 3.8) is 0 Å². The van der Waals surface area contributed by atoms with E-state index in [0.717, 1.165) is 12.5 Å². The lowest BCUT2D eigenvalue weighted by Crippen LogP contribution is -2.29. The Bertz CT molecular complexity index is 460. The lowest BCUT2D eigenvalue weighted by molar-refractivity contribution is -0.215. The van der Waals surface area contributed by atoms with E-state index in [9.17, 15) is 13.2 Å². The van der Waals surface area contributed by atoms with Gasteiger partial charge in [-0.15, -0.1) is 0 Å². The topological polar surface area (TPSA) is 44.5 Å². The molecule has 0 fully saturated rings. The molecule has 0 radical (unpaired) electrons. The van der Waals surface area contributed by atoms with Crippen molar-refractivity contribution in [3.05, 3.63) is 29.8 Å². The quantitative estimate of drug-likeness (QED) is 0.668. The molecular weight excluding hydrogens is 271 g/mol. The molecule has 3 nitrogen and oxygen atoms in total. The fraction of sp³-hybridized carbons (Fsp3) is 0.429. The third-order valence-electron chi connectivity index (χ3n) is 2.37. The van der Waals surface area contributed by atoms with Gasteiger partial charge in [0.15, 0.2) is 6.10 Å². The van der Waals surface area contributed by atoms with E-state index in [1.807, 2.05) is 0 Å². The van der Waals surface area contributed by atoms with Crippen molar-refractivity contribution < 1.29 is 22.6 Å². The minimum absolute atomic E-state index is 0.0498. The van der Waals surface area contributed by atoms with Gasteiger partial charge in [0.1, 0.15) is 12.4 Å². The molecular formula is C14H16F3NO2. The number of hydrogen-bond acceptors (Lipinski definition) is 3. The number of halogens is 3. The van der Waals surface area contributed by atoms with Crippen molar-refractivity contribution in [2.45, 2.75) is 19.2 Å². The Hall–Kier alpha value is -1.71. The molecule has 0 saturated carbocycles. The van der Waals surface area contributed by atoms with Gasteiger partial charge in [0, 0.05) is 5.56 Å². The summed E-state index contributed by atoms with van der Waals surface area (Å²) in [5, 5.41) is 0. The standard InChI is InChI=1S/C14H16F3NO2/c1-11(14(15,16)17)19-9-10-20-13-6-4-12(5-7-13)3-2-8-18/h4-7,11H,8-10,18H2,1H3. The van der Waals surface area contributed by atoms with E-state index in [1.54, 1.807) is 24.3 Å². The number of benzene rings is 1. The molecule has 0 saturated heterocycles. The third-order valence-corrected chi connectivity index (χ3v) is 2.37.